The summed E-state index contributed by atoms with van der Waals surface area (Å²) < 4.78 is 1.78. The van der Waals surface area contributed by atoms with Crippen molar-refractivity contribution in [2.75, 3.05) is 13.1 Å². The Labute approximate surface area is 153 Å². The lowest BCUT2D eigenvalue weighted by Crippen LogP contribution is -2.29. The minimum Gasteiger partial charge on any atom is -0.338 e. The molecule has 1 atom stereocenters. The maximum absolute atomic E-state index is 13.1. The Kier molecular flexibility index (Phi) is 4.52. The van der Waals surface area contributed by atoms with E-state index < -0.39 is 0 Å². The van der Waals surface area contributed by atoms with Crippen molar-refractivity contribution in [3.8, 4) is 5.82 Å². The molecule has 0 unspecified atom stereocenters. The molecule has 0 N–H and O–H groups in total. The van der Waals surface area contributed by atoms with Gasteiger partial charge in [0.2, 0.25) is 0 Å². The van der Waals surface area contributed by atoms with Crippen molar-refractivity contribution in [3.63, 3.8) is 0 Å². The molecule has 0 bridgehead atoms. The molecular weight excluding hydrogens is 324 g/mol. The molecule has 1 saturated heterocycles. The Bertz CT molecular complexity index is 889. The number of amides is 1. The van der Waals surface area contributed by atoms with Gasteiger partial charge in [-0.25, -0.2) is 9.67 Å². The zero-order valence-corrected chi connectivity index (χ0v) is 14.9. The van der Waals surface area contributed by atoms with Crippen LogP contribution in [0.2, 0.25) is 0 Å². The first-order chi connectivity index (χ1) is 12.8. The van der Waals surface area contributed by atoms with E-state index in [9.17, 15) is 4.79 Å². The van der Waals surface area contributed by atoms with Crippen LogP contribution < -0.4 is 0 Å². The summed E-state index contributed by atoms with van der Waals surface area (Å²) in [4.78, 5) is 19.4. The number of carbonyl (C=O) groups excluding carboxylic acids is 1. The summed E-state index contributed by atoms with van der Waals surface area (Å²) in [5.41, 5.74) is 2.91. The van der Waals surface area contributed by atoms with Crippen LogP contribution in [0.5, 0.6) is 0 Å². The molecule has 1 aliphatic heterocycles. The maximum Gasteiger partial charge on any atom is 0.257 e. The number of hydrogen-bond acceptors (Lipinski definition) is 3. The van der Waals surface area contributed by atoms with Crippen LogP contribution in [0.15, 0.2) is 60.9 Å². The van der Waals surface area contributed by atoms with Crippen molar-refractivity contribution in [3.05, 3.63) is 77.7 Å². The number of aromatic nitrogens is 3. The summed E-state index contributed by atoms with van der Waals surface area (Å²) >= 11 is 0. The topological polar surface area (TPSA) is 51.0 Å². The molecule has 4 rings (SSSR count). The van der Waals surface area contributed by atoms with Crippen LogP contribution in [0.1, 0.15) is 40.9 Å². The fourth-order valence-electron chi connectivity index (χ4n) is 3.68. The van der Waals surface area contributed by atoms with Gasteiger partial charge in [0.25, 0.3) is 5.91 Å². The summed E-state index contributed by atoms with van der Waals surface area (Å²) in [7, 11) is 0. The van der Waals surface area contributed by atoms with E-state index in [0.717, 1.165) is 37.4 Å². The van der Waals surface area contributed by atoms with Gasteiger partial charge in [-0.1, -0.05) is 43.3 Å². The lowest BCUT2D eigenvalue weighted by molar-refractivity contribution is 0.0789. The van der Waals surface area contributed by atoms with Crippen LogP contribution in [0.4, 0.5) is 0 Å². The Morgan fingerprint density at radius 3 is 2.69 bits per heavy atom. The summed E-state index contributed by atoms with van der Waals surface area (Å²) in [6.07, 6.45) is 5.16. The third-order valence-corrected chi connectivity index (χ3v) is 5.05. The second kappa shape index (κ2) is 7.12. The van der Waals surface area contributed by atoms with Crippen molar-refractivity contribution >= 4 is 5.91 Å². The highest BCUT2D eigenvalue weighted by Gasteiger charge is 2.30. The van der Waals surface area contributed by atoms with Gasteiger partial charge >= 0.3 is 0 Å². The standard InChI is InChI=1S/C21H22N4O/c1-2-19-18(14-23-25(19)20-10-6-7-12-22-20)21(26)24-13-11-17(15-24)16-8-4-3-5-9-16/h3-10,12,14,17H,2,11,13,15H2,1H3/t17-/m1/s1. The summed E-state index contributed by atoms with van der Waals surface area (Å²) in [5.74, 6) is 1.23. The van der Waals surface area contributed by atoms with E-state index in [-0.39, 0.29) is 5.91 Å². The van der Waals surface area contributed by atoms with Gasteiger partial charge in [-0.2, -0.15) is 5.10 Å². The highest BCUT2D eigenvalue weighted by molar-refractivity contribution is 5.95. The number of rotatable bonds is 4. The first kappa shape index (κ1) is 16.5. The predicted octanol–water partition coefficient (Wildman–Crippen LogP) is 3.46. The molecule has 3 aromatic rings. The average molecular weight is 346 g/mol. The fraction of sp³-hybridized carbons (Fsp3) is 0.286. The van der Waals surface area contributed by atoms with Crippen molar-refractivity contribution in [2.24, 2.45) is 0 Å². The van der Waals surface area contributed by atoms with E-state index in [1.54, 1.807) is 17.1 Å². The molecule has 1 amide bonds. The summed E-state index contributed by atoms with van der Waals surface area (Å²) in [6.45, 7) is 3.60. The molecule has 1 aliphatic rings. The highest BCUT2D eigenvalue weighted by atomic mass is 16.2. The van der Waals surface area contributed by atoms with Crippen molar-refractivity contribution in [2.45, 2.75) is 25.7 Å². The second-order valence-corrected chi connectivity index (χ2v) is 6.61. The van der Waals surface area contributed by atoms with E-state index in [1.807, 2.05) is 36.1 Å². The molecule has 1 aromatic carbocycles. The quantitative estimate of drug-likeness (QED) is 0.727. The molecule has 3 heterocycles. The Hall–Kier alpha value is -2.95. The first-order valence-corrected chi connectivity index (χ1v) is 9.10. The lowest BCUT2D eigenvalue weighted by Gasteiger charge is -2.17. The van der Waals surface area contributed by atoms with E-state index in [1.165, 1.54) is 5.56 Å². The minimum atomic E-state index is 0.0717. The molecule has 26 heavy (non-hydrogen) atoms. The molecule has 0 aliphatic carbocycles. The normalized spacial score (nSPS) is 16.8. The Morgan fingerprint density at radius 1 is 1.15 bits per heavy atom. The van der Waals surface area contributed by atoms with Crippen LogP contribution in [0.25, 0.3) is 5.82 Å². The number of benzene rings is 1. The van der Waals surface area contributed by atoms with Gasteiger partial charge < -0.3 is 4.90 Å². The van der Waals surface area contributed by atoms with Crippen molar-refractivity contribution < 1.29 is 4.79 Å². The van der Waals surface area contributed by atoms with E-state index in [2.05, 4.69) is 34.3 Å². The third-order valence-electron chi connectivity index (χ3n) is 5.05. The van der Waals surface area contributed by atoms with Gasteiger partial charge in [-0.15, -0.1) is 0 Å². The zero-order chi connectivity index (χ0) is 17.9. The minimum absolute atomic E-state index is 0.0717. The molecule has 0 radical (unpaired) electrons. The Balaban J connectivity index is 1.57. The van der Waals surface area contributed by atoms with Crippen molar-refractivity contribution in [1.29, 1.82) is 0 Å². The number of hydrogen-bond donors (Lipinski definition) is 0. The number of carbonyl (C=O) groups is 1. The molecule has 0 spiro atoms. The largest absolute Gasteiger partial charge is 0.338 e. The monoisotopic (exact) mass is 346 g/mol. The highest BCUT2D eigenvalue weighted by Crippen LogP contribution is 2.28. The molecule has 5 heteroatoms. The van der Waals surface area contributed by atoms with E-state index in [0.29, 0.717) is 11.5 Å². The fourth-order valence-corrected chi connectivity index (χ4v) is 3.68. The first-order valence-electron chi connectivity index (χ1n) is 9.10. The molecule has 0 saturated carbocycles. The Morgan fingerprint density at radius 2 is 1.96 bits per heavy atom. The van der Waals surface area contributed by atoms with Crippen LogP contribution in [0.3, 0.4) is 0 Å². The van der Waals surface area contributed by atoms with Crippen LogP contribution in [-0.2, 0) is 6.42 Å². The van der Waals surface area contributed by atoms with Gasteiger partial charge in [0.15, 0.2) is 5.82 Å². The average Bonchev–Trinajstić information content (AvgIpc) is 3.36. The molecule has 132 valence electrons. The van der Waals surface area contributed by atoms with Gasteiger partial charge in [0, 0.05) is 25.2 Å². The van der Waals surface area contributed by atoms with E-state index >= 15 is 0 Å². The smallest absolute Gasteiger partial charge is 0.257 e. The van der Waals surface area contributed by atoms with Crippen LogP contribution in [-0.4, -0.2) is 38.7 Å². The number of pyridine rings is 1. The molecule has 1 fully saturated rings. The maximum atomic E-state index is 13.1. The van der Waals surface area contributed by atoms with Gasteiger partial charge in [-0.3, -0.25) is 4.79 Å². The van der Waals surface area contributed by atoms with Gasteiger partial charge in [0.05, 0.1) is 17.5 Å². The van der Waals surface area contributed by atoms with Gasteiger partial charge in [-0.05, 0) is 30.5 Å². The molecule has 5 nitrogen and oxygen atoms in total. The zero-order valence-electron chi connectivity index (χ0n) is 14.9. The lowest BCUT2D eigenvalue weighted by atomic mass is 9.99. The number of likely N-dealkylation sites (tertiary alicyclic amines) is 1. The van der Waals surface area contributed by atoms with Crippen molar-refractivity contribution in [1.82, 2.24) is 19.7 Å². The van der Waals surface area contributed by atoms with Crippen LogP contribution in [0, 0.1) is 0 Å². The molecular formula is C21H22N4O. The van der Waals surface area contributed by atoms with E-state index in [4.69, 9.17) is 0 Å². The summed E-state index contributed by atoms with van der Waals surface area (Å²) in [6, 6.07) is 16.2. The second-order valence-electron chi connectivity index (χ2n) is 6.61. The third kappa shape index (κ3) is 3.01. The number of nitrogens with zero attached hydrogens (tertiary/aromatic N) is 4. The SMILES string of the molecule is CCc1c(C(=O)N2CC[C@@H](c3ccccc3)C2)cnn1-c1ccccn1. The molecule has 2 aromatic heterocycles. The van der Waals surface area contributed by atoms with Gasteiger partial charge in [0.1, 0.15) is 0 Å². The summed E-state index contributed by atoms with van der Waals surface area (Å²) in [5, 5.41) is 4.43. The predicted molar refractivity (Wildman–Crippen MR) is 100 cm³/mol. The van der Waals surface area contributed by atoms with Crippen LogP contribution >= 0.6 is 0 Å².